The number of hydrogen-bond donors (Lipinski definition) is 1. The topological polar surface area (TPSA) is 74.1 Å². The Labute approximate surface area is 182 Å². The van der Waals surface area contributed by atoms with Crippen molar-refractivity contribution in [1.29, 1.82) is 0 Å². The van der Waals surface area contributed by atoms with E-state index in [1.54, 1.807) is 0 Å². The van der Waals surface area contributed by atoms with Gasteiger partial charge in [-0.1, -0.05) is 60.7 Å². The van der Waals surface area contributed by atoms with Crippen LogP contribution in [-0.4, -0.2) is 55.2 Å². The lowest BCUT2D eigenvalue weighted by Crippen LogP contribution is -3.15. The summed E-state index contributed by atoms with van der Waals surface area (Å²) in [6, 6.07) is 21.2. The highest BCUT2D eigenvalue weighted by atomic mass is 16.5. The zero-order chi connectivity index (χ0) is 21.4. The van der Waals surface area contributed by atoms with Crippen LogP contribution in [0.1, 0.15) is 30.0 Å². The van der Waals surface area contributed by atoms with Crippen molar-refractivity contribution in [2.24, 2.45) is 11.8 Å². The summed E-state index contributed by atoms with van der Waals surface area (Å²) in [5.74, 6) is -2.62. The molecule has 3 saturated heterocycles. The fourth-order valence-electron chi connectivity index (χ4n) is 5.76. The maximum atomic E-state index is 13.3. The van der Waals surface area contributed by atoms with E-state index in [2.05, 4.69) is 48.5 Å². The third kappa shape index (κ3) is 3.75. The van der Waals surface area contributed by atoms with Crippen molar-refractivity contribution in [3.63, 3.8) is 0 Å². The lowest BCUT2D eigenvalue weighted by molar-refractivity contribution is -0.929. The number of carbonyl (C=O) groups is 2. The molecule has 31 heavy (non-hydrogen) atoms. The Morgan fingerprint density at radius 3 is 1.90 bits per heavy atom. The molecule has 162 valence electrons. The predicted molar refractivity (Wildman–Crippen MR) is 112 cm³/mol. The number of carboxylic acids is 1. The van der Waals surface area contributed by atoms with Crippen LogP contribution >= 0.6 is 0 Å². The van der Waals surface area contributed by atoms with E-state index in [4.69, 9.17) is 4.74 Å². The summed E-state index contributed by atoms with van der Waals surface area (Å²) in [7, 11) is 0. The van der Waals surface area contributed by atoms with Crippen LogP contribution in [0.25, 0.3) is 0 Å². The van der Waals surface area contributed by atoms with E-state index in [-0.39, 0.29) is 24.2 Å². The minimum absolute atomic E-state index is 0.0728. The average Bonchev–Trinajstić information content (AvgIpc) is 3.43. The van der Waals surface area contributed by atoms with Gasteiger partial charge in [-0.2, -0.15) is 0 Å². The number of carbonyl (C=O) groups excluding carboxylic acids is 2. The molecule has 1 N–H and O–H groups in total. The highest BCUT2D eigenvalue weighted by Gasteiger charge is 2.54. The summed E-state index contributed by atoms with van der Waals surface area (Å²) >= 11 is 0. The minimum Gasteiger partial charge on any atom is -0.550 e. The number of piperazine rings is 1. The molecule has 3 fully saturated rings. The van der Waals surface area contributed by atoms with Gasteiger partial charge in [-0.3, -0.25) is 4.79 Å². The van der Waals surface area contributed by atoms with Crippen molar-refractivity contribution in [3.05, 3.63) is 71.8 Å². The van der Waals surface area contributed by atoms with Gasteiger partial charge in [-0.15, -0.1) is 0 Å². The first-order chi connectivity index (χ1) is 15.1. The molecule has 6 nitrogen and oxygen atoms in total. The number of ether oxygens (including phenoxy) is 1. The molecule has 2 aromatic carbocycles. The van der Waals surface area contributed by atoms with Crippen molar-refractivity contribution >= 4 is 11.9 Å². The van der Waals surface area contributed by atoms with Gasteiger partial charge in [0, 0.05) is 23.0 Å². The zero-order valence-electron chi connectivity index (χ0n) is 17.5. The fourth-order valence-corrected chi connectivity index (χ4v) is 5.76. The van der Waals surface area contributed by atoms with Gasteiger partial charge in [0.2, 0.25) is 5.91 Å². The number of nitrogens with zero attached hydrogens (tertiary/aromatic N) is 1. The van der Waals surface area contributed by atoms with Crippen molar-refractivity contribution in [2.45, 2.75) is 31.1 Å². The van der Waals surface area contributed by atoms with Crippen LogP contribution in [0, 0.1) is 11.8 Å². The first-order valence-corrected chi connectivity index (χ1v) is 11.2. The van der Waals surface area contributed by atoms with E-state index >= 15 is 0 Å². The molecule has 0 aliphatic carbocycles. The first kappa shape index (κ1) is 20.2. The van der Waals surface area contributed by atoms with Crippen molar-refractivity contribution in [1.82, 2.24) is 4.90 Å². The molecule has 0 aromatic heterocycles. The molecule has 2 bridgehead atoms. The molecule has 3 aliphatic heterocycles. The lowest BCUT2D eigenvalue weighted by atomic mass is 9.78. The van der Waals surface area contributed by atoms with Crippen molar-refractivity contribution < 1.29 is 24.3 Å². The van der Waals surface area contributed by atoms with Crippen LogP contribution in [0.5, 0.6) is 0 Å². The Morgan fingerprint density at radius 2 is 1.39 bits per heavy atom. The largest absolute Gasteiger partial charge is 0.550 e. The standard InChI is InChI=1S/C25H28N2O4/c28-24(21-19-11-12-20(31-19)22(21)25(29)30)27-15-13-26(14-16-27)23(17-7-3-1-4-8-17)18-9-5-2-6-10-18/h1-10,19-23H,11-16H2,(H,29,30)/t19-,20+,21+,22-/m0/s1. The molecular formula is C25H28N2O4. The van der Waals surface area contributed by atoms with Crippen LogP contribution < -0.4 is 10.0 Å². The molecule has 6 heteroatoms. The van der Waals surface area contributed by atoms with E-state index in [0.717, 1.165) is 19.5 Å². The molecule has 5 rings (SSSR count). The Morgan fingerprint density at radius 1 is 0.871 bits per heavy atom. The fraction of sp³-hybridized carbons (Fsp3) is 0.440. The normalized spacial score (nSPS) is 28.2. The molecule has 4 atom stereocenters. The van der Waals surface area contributed by atoms with E-state index in [1.165, 1.54) is 16.0 Å². The molecule has 1 amide bonds. The van der Waals surface area contributed by atoms with Gasteiger partial charge in [0.1, 0.15) is 6.04 Å². The number of nitrogens with one attached hydrogen (secondary N) is 1. The lowest BCUT2D eigenvalue weighted by Gasteiger charge is -2.39. The summed E-state index contributed by atoms with van der Waals surface area (Å²) in [6.07, 6.45) is 0.838. The first-order valence-electron chi connectivity index (χ1n) is 11.2. The van der Waals surface area contributed by atoms with Gasteiger partial charge in [-0.05, 0) is 12.8 Å². The number of carboxylic acid groups (broad SMARTS) is 1. The number of fused-ring (bicyclic) bond motifs is 2. The average molecular weight is 421 g/mol. The Balaban J connectivity index is 1.31. The summed E-state index contributed by atoms with van der Waals surface area (Å²) in [6.45, 7) is 2.88. The summed E-state index contributed by atoms with van der Waals surface area (Å²) in [5.41, 5.74) is 2.53. The highest BCUT2D eigenvalue weighted by Crippen LogP contribution is 2.44. The van der Waals surface area contributed by atoms with E-state index in [9.17, 15) is 14.7 Å². The van der Waals surface area contributed by atoms with E-state index < -0.39 is 17.8 Å². The zero-order valence-corrected chi connectivity index (χ0v) is 17.5. The third-order valence-corrected chi connectivity index (χ3v) is 7.22. The van der Waals surface area contributed by atoms with Gasteiger partial charge in [-0.25, -0.2) is 0 Å². The molecular weight excluding hydrogens is 392 g/mol. The molecule has 3 aliphatic rings. The molecule has 0 saturated carbocycles. The SMILES string of the molecule is O=C([O-])[C@@H]1[C@H](C(=O)N2CC[NH+](C(c3ccccc3)c3ccccc3)CC2)[C@@H]2CC[C@H]1O2. The van der Waals surface area contributed by atoms with Gasteiger partial charge >= 0.3 is 0 Å². The van der Waals surface area contributed by atoms with E-state index in [1.807, 2.05) is 17.0 Å². The van der Waals surface area contributed by atoms with Gasteiger partial charge in [0.25, 0.3) is 0 Å². The van der Waals surface area contributed by atoms with Gasteiger partial charge in [0.05, 0.1) is 44.3 Å². The number of benzene rings is 2. The monoisotopic (exact) mass is 420 g/mol. The van der Waals surface area contributed by atoms with Crippen LogP contribution in [0.3, 0.4) is 0 Å². The quantitative estimate of drug-likeness (QED) is 0.742. The van der Waals surface area contributed by atoms with Crippen molar-refractivity contribution in [2.75, 3.05) is 26.2 Å². The molecule has 0 radical (unpaired) electrons. The predicted octanol–water partition coefficient (Wildman–Crippen LogP) is 0.0466. The number of amides is 1. The van der Waals surface area contributed by atoms with Crippen LogP contribution in [0.4, 0.5) is 0 Å². The third-order valence-electron chi connectivity index (χ3n) is 7.22. The Bertz CT molecular complexity index is 888. The minimum atomic E-state index is -1.15. The van der Waals surface area contributed by atoms with Crippen LogP contribution in [0.2, 0.25) is 0 Å². The molecule has 2 aromatic rings. The van der Waals surface area contributed by atoms with Crippen LogP contribution in [-0.2, 0) is 14.3 Å². The van der Waals surface area contributed by atoms with Gasteiger partial charge in [0.15, 0.2) is 0 Å². The molecule has 0 spiro atoms. The maximum Gasteiger partial charge on any atom is 0.229 e. The van der Waals surface area contributed by atoms with Crippen LogP contribution in [0.15, 0.2) is 60.7 Å². The molecule has 0 unspecified atom stereocenters. The number of rotatable bonds is 5. The number of quaternary nitrogens is 1. The Kier molecular flexibility index (Phi) is 5.50. The smallest absolute Gasteiger partial charge is 0.229 e. The summed E-state index contributed by atoms with van der Waals surface area (Å²) < 4.78 is 5.77. The highest BCUT2D eigenvalue weighted by molar-refractivity contribution is 5.86. The summed E-state index contributed by atoms with van der Waals surface area (Å²) in [4.78, 5) is 28.2. The second-order valence-corrected chi connectivity index (χ2v) is 8.90. The van der Waals surface area contributed by atoms with Gasteiger partial charge < -0.3 is 24.4 Å². The summed E-state index contributed by atoms with van der Waals surface area (Å²) in [5, 5.41) is 11.7. The second-order valence-electron chi connectivity index (χ2n) is 8.90. The Hall–Kier alpha value is -2.70. The maximum absolute atomic E-state index is 13.3. The van der Waals surface area contributed by atoms with Crippen molar-refractivity contribution in [3.8, 4) is 0 Å². The second kappa shape index (κ2) is 8.44. The number of hydrogen-bond acceptors (Lipinski definition) is 4. The molecule has 3 heterocycles. The number of aliphatic carboxylic acids is 1. The van der Waals surface area contributed by atoms with E-state index in [0.29, 0.717) is 19.5 Å².